The van der Waals surface area contributed by atoms with Crippen LogP contribution in [0, 0.1) is 16.7 Å². The lowest BCUT2D eigenvalue weighted by Crippen LogP contribution is -2.31. The van der Waals surface area contributed by atoms with Crippen LogP contribution in [0.5, 0.6) is 0 Å². The Kier molecular flexibility index (Phi) is 14.0. The standard InChI is InChI=1S/C41H53N5/c1-14-20-23-33(17-4)40(32(16-3)22-15-2)46-30(8)35-24-21-25-36(38(35)31(46)9)43-44-39(37(18-5)45(13)19-6)34(29(7)28-42)26-27-41(10,11)12/h14-17,19-25,40H,1,6,8-9,18,26-27H2,2-5,7,10-13H3/b22-15-,23-20-,32-16+,33-17+,34-29+,39-37+,44-43?. The van der Waals surface area contributed by atoms with Crippen LogP contribution >= 0.6 is 0 Å². The van der Waals surface area contributed by atoms with Crippen LogP contribution in [0.4, 0.5) is 5.69 Å². The maximum atomic E-state index is 10.0. The molecule has 46 heavy (non-hydrogen) atoms. The van der Waals surface area contributed by atoms with Gasteiger partial charge in [0.15, 0.2) is 0 Å². The van der Waals surface area contributed by atoms with Crippen LogP contribution in [0.3, 0.4) is 0 Å². The molecule has 0 spiro atoms. The van der Waals surface area contributed by atoms with E-state index in [2.05, 4.69) is 108 Å². The molecule has 2 aromatic rings. The van der Waals surface area contributed by atoms with Crippen LogP contribution in [0.1, 0.15) is 80.7 Å². The molecular weight excluding hydrogens is 562 g/mol. The molecule has 1 heterocycles. The molecular formula is C41H53N5. The van der Waals surface area contributed by atoms with Crippen molar-refractivity contribution in [3.05, 3.63) is 124 Å². The summed E-state index contributed by atoms with van der Waals surface area (Å²) in [6.45, 7) is 33.7. The van der Waals surface area contributed by atoms with Gasteiger partial charge in [-0.15, -0.1) is 10.2 Å². The van der Waals surface area contributed by atoms with E-state index in [1.54, 1.807) is 12.3 Å². The van der Waals surface area contributed by atoms with Gasteiger partial charge in [-0.3, -0.25) is 0 Å². The highest BCUT2D eigenvalue weighted by Crippen LogP contribution is 2.34. The Bertz CT molecular complexity index is 1790. The van der Waals surface area contributed by atoms with Crippen molar-refractivity contribution < 1.29 is 0 Å². The van der Waals surface area contributed by atoms with E-state index in [1.165, 1.54) is 0 Å². The van der Waals surface area contributed by atoms with E-state index in [0.717, 1.165) is 50.3 Å². The summed E-state index contributed by atoms with van der Waals surface area (Å²) in [7, 11) is 1.96. The van der Waals surface area contributed by atoms with E-state index in [9.17, 15) is 5.26 Å². The molecule has 0 aliphatic rings. The topological polar surface area (TPSA) is 56.7 Å². The highest BCUT2D eigenvalue weighted by atomic mass is 15.2. The third-order valence-corrected chi connectivity index (χ3v) is 8.16. The van der Waals surface area contributed by atoms with Gasteiger partial charge >= 0.3 is 0 Å². The Morgan fingerprint density at radius 1 is 1.07 bits per heavy atom. The molecule has 5 nitrogen and oxygen atoms in total. The maximum absolute atomic E-state index is 10.0. The van der Waals surface area contributed by atoms with Gasteiger partial charge in [-0.2, -0.15) is 5.26 Å². The van der Waals surface area contributed by atoms with Crippen LogP contribution in [0.25, 0.3) is 23.9 Å². The predicted molar refractivity (Wildman–Crippen MR) is 200 cm³/mol. The smallest absolute Gasteiger partial charge is 0.109 e. The minimum atomic E-state index is -0.159. The van der Waals surface area contributed by atoms with Gasteiger partial charge in [-0.05, 0) is 81.4 Å². The first-order valence-corrected chi connectivity index (χ1v) is 16.0. The highest BCUT2D eigenvalue weighted by Gasteiger charge is 2.23. The average molecular weight is 616 g/mol. The summed E-state index contributed by atoms with van der Waals surface area (Å²) in [5.74, 6) is 0. The molecule has 0 bridgehead atoms. The molecule has 2 rings (SSSR count). The molecule has 0 saturated heterocycles. The molecule has 1 aromatic carbocycles. The second kappa shape index (κ2) is 17.1. The summed E-state index contributed by atoms with van der Waals surface area (Å²) >= 11 is 0. The number of hydrogen-bond donors (Lipinski definition) is 0. The molecule has 0 N–H and O–H groups in total. The first-order valence-electron chi connectivity index (χ1n) is 16.0. The van der Waals surface area contributed by atoms with Gasteiger partial charge in [-0.1, -0.05) is 109 Å². The third-order valence-electron chi connectivity index (χ3n) is 8.16. The average Bonchev–Trinajstić information content (AvgIpc) is 3.29. The summed E-state index contributed by atoms with van der Waals surface area (Å²) < 4.78 is 2.19. The van der Waals surface area contributed by atoms with Crippen molar-refractivity contribution in [2.45, 2.75) is 80.7 Å². The van der Waals surface area contributed by atoms with E-state index in [4.69, 9.17) is 10.2 Å². The van der Waals surface area contributed by atoms with E-state index in [1.807, 2.05) is 50.9 Å². The SMILES string of the molecule is C=C/C=C\C(=C/C)C(C(/C=C\C)=C/C)n1c(=C)c2cccc(N=NC(/C(CCC(C)(C)C)=C(\C)C#N)=C(\CC)N(C)C=C)c2c1=C. The van der Waals surface area contributed by atoms with Crippen LogP contribution in [-0.4, -0.2) is 16.5 Å². The second-order valence-electron chi connectivity index (χ2n) is 12.5. The fraction of sp³-hybridized carbons (Fsp3) is 0.341. The number of aromatic nitrogens is 1. The minimum Gasteiger partial charge on any atom is -0.353 e. The van der Waals surface area contributed by atoms with E-state index in [-0.39, 0.29) is 11.5 Å². The Morgan fingerprint density at radius 2 is 1.72 bits per heavy atom. The van der Waals surface area contributed by atoms with Crippen molar-refractivity contribution in [2.24, 2.45) is 15.6 Å². The molecule has 0 aliphatic carbocycles. The van der Waals surface area contributed by atoms with Crippen molar-refractivity contribution in [3.63, 3.8) is 0 Å². The van der Waals surface area contributed by atoms with Crippen molar-refractivity contribution in [2.75, 3.05) is 7.05 Å². The molecule has 5 heteroatoms. The first-order chi connectivity index (χ1) is 21.8. The van der Waals surface area contributed by atoms with Gasteiger partial charge in [0.05, 0.1) is 17.8 Å². The molecule has 0 radical (unpaired) electrons. The summed E-state index contributed by atoms with van der Waals surface area (Å²) in [4.78, 5) is 1.97. The Labute approximate surface area is 277 Å². The first kappa shape index (κ1) is 37.5. The quantitative estimate of drug-likeness (QED) is 0.121. The van der Waals surface area contributed by atoms with Crippen molar-refractivity contribution in [1.82, 2.24) is 9.47 Å². The van der Waals surface area contributed by atoms with E-state index < -0.39 is 0 Å². The lowest BCUT2D eigenvalue weighted by atomic mass is 9.86. The molecule has 1 atom stereocenters. The third kappa shape index (κ3) is 8.73. The summed E-state index contributed by atoms with van der Waals surface area (Å²) in [5, 5.41) is 23.4. The van der Waals surface area contributed by atoms with Crippen LogP contribution < -0.4 is 10.7 Å². The monoisotopic (exact) mass is 615 g/mol. The highest BCUT2D eigenvalue weighted by molar-refractivity contribution is 5.93. The van der Waals surface area contributed by atoms with Gasteiger partial charge in [-0.25, -0.2) is 0 Å². The molecule has 1 aromatic heterocycles. The van der Waals surface area contributed by atoms with E-state index >= 15 is 0 Å². The maximum Gasteiger partial charge on any atom is 0.109 e. The number of benzene rings is 1. The second-order valence-corrected chi connectivity index (χ2v) is 12.5. The number of rotatable bonds is 14. The number of hydrogen-bond acceptors (Lipinski definition) is 4. The molecule has 0 saturated carbocycles. The fourth-order valence-corrected chi connectivity index (χ4v) is 5.59. The minimum absolute atomic E-state index is 0.0870. The number of azo groups is 1. The van der Waals surface area contributed by atoms with Crippen LogP contribution in [-0.2, 0) is 0 Å². The van der Waals surface area contributed by atoms with E-state index in [0.29, 0.717) is 29.8 Å². The number of nitrogens with zero attached hydrogens (tertiary/aromatic N) is 5. The van der Waals surface area contributed by atoms with Gasteiger partial charge in [0.25, 0.3) is 0 Å². The largest absolute Gasteiger partial charge is 0.353 e. The Balaban J connectivity index is 3.00. The van der Waals surface area contributed by atoms with Gasteiger partial charge in [0, 0.05) is 39.8 Å². The zero-order valence-corrected chi connectivity index (χ0v) is 29.6. The summed E-state index contributed by atoms with van der Waals surface area (Å²) in [5.41, 5.74) is 6.19. The number of fused-ring (bicyclic) bond motifs is 1. The molecule has 0 amide bonds. The van der Waals surface area contributed by atoms with Crippen LogP contribution in [0.2, 0.25) is 0 Å². The Morgan fingerprint density at radius 3 is 2.24 bits per heavy atom. The van der Waals surface area contributed by atoms with Crippen molar-refractivity contribution in [3.8, 4) is 6.07 Å². The van der Waals surface area contributed by atoms with Gasteiger partial charge in [0.2, 0.25) is 0 Å². The number of allylic oxidation sites excluding steroid dienone is 12. The lowest BCUT2D eigenvalue weighted by molar-refractivity contribution is 0.377. The number of nitriles is 1. The predicted octanol–water partition coefficient (Wildman–Crippen LogP) is 10.7. The Hall–Kier alpha value is -4.69. The zero-order chi connectivity index (χ0) is 34.6. The summed E-state index contributed by atoms with van der Waals surface area (Å²) in [6.07, 6.45) is 18.3. The van der Waals surface area contributed by atoms with Crippen molar-refractivity contribution >= 4 is 29.6 Å². The fourth-order valence-electron chi connectivity index (χ4n) is 5.59. The zero-order valence-electron chi connectivity index (χ0n) is 29.6. The van der Waals surface area contributed by atoms with Gasteiger partial charge < -0.3 is 9.47 Å². The molecule has 1 unspecified atom stereocenters. The molecule has 0 aliphatic heterocycles. The molecule has 0 fully saturated rings. The van der Waals surface area contributed by atoms with Crippen molar-refractivity contribution in [1.29, 1.82) is 5.26 Å². The lowest BCUT2D eigenvalue weighted by Gasteiger charge is -2.23. The van der Waals surface area contributed by atoms with Gasteiger partial charge in [0.1, 0.15) is 5.70 Å². The van der Waals surface area contributed by atoms with Crippen LogP contribution in [0.15, 0.2) is 124 Å². The molecule has 242 valence electrons. The summed E-state index contributed by atoms with van der Waals surface area (Å²) in [6, 6.07) is 8.24. The normalized spacial score (nSPS) is 15.0.